The number of carbonyl (C=O) groups is 1. The van der Waals surface area contributed by atoms with Gasteiger partial charge in [-0.25, -0.2) is 0 Å². The third-order valence-corrected chi connectivity index (χ3v) is 3.34. The van der Waals surface area contributed by atoms with Gasteiger partial charge < -0.3 is 4.74 Å². The van der Waals surface area contributed by atoms with E-state index in [1.807, 2.05) is 0 Å². The summed E-state index contributed by atoms with van der Waals surface area (Å²) < 4.78 is 43.5. The standard InChI is InChI=1S/C12H12F3NO2/c1-18-11(4-2-5-11)10(17)8-7-16-6-3-9(8)12(13,14)15/h3,6-7H,2,4-5H2,1H3. The van der Waals surface area contributed by atoms with Gasteiger partial charge in [0.25, 0.3) is 0 Å². The van der Waals surface area contributed by atoms with Gasteiger partial charge in [-0.2, -0.15) is 13.2 Å². The highest BCUT2D eigenvalue weighted by Gasteiger charge is 2.47. The van der Waals surface area contributed by atoms with Gasteiger partial charge in [-0.3, -0.25) is 9.78 Å². The third-order valence-electron chi connectivity index (χ3n) is 3.34. The highest BCUT2D eigenvalue weighted by atomic mass is 19.4. The number of alkyl halides is 3. The summed E-state index contributed by atoms with van der Waals surface area (Å²) in [6, 6.07) is 0.815. The van der Waals surface area contributed by atoms with E-state index >= 15 is 0 Å². The molecule has 0 bridgehead atoms. The number of nitrogens with zero attached hydrogens (tertiary/aromatic N) is 1. The van der Waals surface area contributed by atoms with Gasteiger partial charge in [0.2, 0.25) is 0 Å². The second kappa shape index (κ2) is 4.35. The van der Waals surface area contributed by atoms with Crippen molar-refractivity contribution in [3.63, 3.8) is 0 Å². The van der Waals surface area contributed by atoms with E-state index in [4.69, 9.17) is 4.74 Å². The maximum Gasteiger partial charge on any atom is 0.417 e. The Hall–Kier alpha value is -1.43. The van der Waals surface area contributed by atoms with Gasteiger partial charge in [0, 0.05) is 19.5 Å². The Balaban J connectivity index is 2.43. The summed E-state index contributed by atoms with van der Waals surface area (Å²) in [5, 5.41) is 0. The first-order valence-electron chi connectivity index (χ1n) is 5.52. The number of carbonyl (C=O) groups excluding carboxylic acids is 1. The molecule has 1 heterocycles. The summed E-state index contributed by atoms with van der Waals surface area (Å²) in [4.78, 5) is 15.8. The van der Waals surface area contributed by atoms with Crippen molar-refractivity contribution in [3.8, 4) is 0 Å². The van der Waals surface area contributed by atoms with Crippen LogP contribution in [0.5, 0.6) is 0 Å². The number of methoxy groups -OCH3 is 1. The van der Waals surface area contributed by atoms with Crippen LogP contribution in [0.3, 0.4) is 0 Å². The highest BCUT2D eigenvalue weighted by molar-refractivity contribution is 6.04. The molecule has 2 rings (SSSR count). The summed E-state index contributed by atoms with van der Waals surface area (Å²) in [5.41, 5.74) is -2.46. The molecule has 18 heavy (non-hydrogen) atoms. The minimum absolute atomic E-state index is 0.411. The van der Waals surface area contributed by atoms with Crippen LogP contribution in [0.2, 0.25) is 0 Å². The van der Waals surface area contributed by atoms with Crippen molar-refractivity contribution in [1.29, 1.82) is 0 Å². The minimum Gasteiger partial charge on any atom is -0.370 e. The second-order valence-electron chi connectivity index (χ2n) is 4.30. The molecule has 0 aliphatic heterocycles. The second-order valence-corrected chi connectivity index (χ2v) is 4.30. The molecule has 0 unspecified atom stereocenters. The predicted octanol–water partition coefficient (Wildman–Crippen LogP) is 2.85. The van der Waals surface area contributed by atoms with Gasteiger partial charge >= 0.3 is 6.18 Å². The molecule has 0 spiro atoms. The van der Waals surface area contributed by atoms with Crippen LogP contribution in [-0.2, 0) is 10.9 Å². The topological polar surface area (TPSA) is 39.2 Å². The van der Waals surface area contributed by atoms with E-state index in [2.05, 4.69) is 4.98 Å². The lowest BCUT2D eigenvalue weighted by molar-refractivity contribution is -0.138. The Morgan fingerprint density at radius 1 is 1.44 bits per heavy atom. The molecule has 1 aromatic rings. The average molecular weight is 259 g/mol. The molecular formula is C12H12F3NO2. The first-order chi connectivity index (χ1) is 8.41. The maximum absolute atomic E-state index is 12.8. The summed E-state index contributed by atoms with van der Waals surface area (Å²) in [6.07, 6.45) is -0.888. The number of hydrogen-bond acceptors (Lipinski definition) is 3. The molecule has 0 N–H and O–H groups in total. The van der Waals surface area contributed by atoms with Crippen LogP contribution in [0.4, 0.5) is 13.2 Å². The van der Waals surface area contributed by atoms with Crippen molar-refractivity contribution < 1.29 is 22.7 Å². The number of pyridine rings is 1. The molecule has 98 valence electrons. The van der Waals surface area contributed by atoms with E-state index in [0.717, 1.165) is 24.9 Å². The highest BCUT2D eigenvalue weighted by Crippen LogP contribution is 2.40. The van der Waals surface area contributed by atoms with Crippen LogP contribution in [0.25, 0.3) is 0 Å². The molecule has 1 fully saturated rings. The summed E-state index contributed by atoms with van der Waals surface area (Å²) in [7, 11) is 1.35. The molecule has 1 aliphatic carbocycles. The molecule has 1 aliphatic rings. The monoisotopic (exact) mass is 259 g/mol. The fourth-order valence-corrected chi connectivity index (χ4v) is 2.09. The van der Waals surface area contributed by atoms with Gasteiger partial charge in [-0.1, -0.05) is 0 Å². The zero-order valence-corrected chi connectivity index (χ0v) is 9.75. The largest absolute Gasteiger partial charge is 0.417 e. The average Bonchev–Trinajstić information content (AvgIpc) is 2.27. The Bertz CT molecular complexity index is 461. The summed E-state index contributed by atoms with van der Waals surface area (Å²) in [5.74, 6) is -0.628. The van der Waals surface area contributed by atoms with Crippen molar-refractivity contribution in [2.75, 3.05) is 7.11 Å². The molecule has 0 aromatic carbocycles. The van der Waals surface area contributed by atoms with E-state index < -0.39 is 28.7 Å². The van der Waals surface area contributed by atoms with E-state index in [-0.39, 0.29) is 0 Å². The zero-order chi connectivity index (χ0) is 13.4. The zero-order valence-electron chi connectivity index (χ0n) is 9.75. The molecule has 0 atom stereocenters. The lowest BCUT2D eigenvalue weighted by atomic mass is 9.74. The molecule has 3 nitrogen and oxygen atoms in total. The first-order valence-corrected chi connectivity index (χ1v) is 5.52. The minimum atomic E-state index is -4.56. The predicted molar refractivity (Wildman–Crippen MR) is 57.2 cm³/mol. The van der Waals surface area contributed by atoms with Crippen molar-refractivity contribution in [2.24, 2.45) is 0 Å². The van der Waals surface area contributed by atoms with E-state index in [9.17, 15) is 18.0 Å². The molecule has 1 aromatic heterocycles. The van der Waals surface area contributed by atoms with Crippen LogP contribution >= 0.6 is 0 Å². The van der Waals surface area contributed by atoms with Gasteiger partial charge in [0.05, 0.1) is 11.1 Å². The molecular weight excluding hydrogens is 247 g/mol. The van der Waals surface area contributed by atoms with Crippen molar-refractivity contribution >= 4 is 5.78 Å². The number of ketones is 1. The molecule has 0 saturated heterocycles. The van der Waals surface area contributed by atoms with Crippen molar-refractivity contribution in [3.05, 3.63) is 29.6 Å². The Morgan fingerprint density at radius 2 is 2.11 bits per heavy atom. The Labute approximate surface area is 102 Å². The third kappa shape index (κ3) is 2.01. The lowest BCUT2D eigenvalue weighted by Gasteiger charge is -2.39. The molecule has 1 saturated carbocycles. The van der Waals surface area contributed by atoms with Gasteiger partial charge in [-0.05, 0) is 25.3 Å². The van der Waals surface area contributed by atoms with Crippen LogP contribution < -0.4 is 0 Å². The van der Waals surface area contributed by atoms with Gasteiger partial charge in [0.1, 0.15) is 5.60 Å². The number of hydrogen-bond donors (Lipinski definition) is 0. The van der Waals surface area contributed by atoms with Crippen LogP contribution in [0.15, 0.2) is 18.5 Å². The number of aromatic nitrogens is 1. The number of rotatable bonds is 3. The molecule has 0 radical (unpaired) electrons. The maximum atomic E-state index is 12.8. The normalized spacial score (nSPS) is 18.2. The number of halogens is 3. The first kappa shape index (κ1) is 13.0. The number of Topliss-reactive ketones (excluding diaryl/α,β-unsaturated/α-hetero) is 1. The van der Waals surface area contributed by atoms with Crippen molar-refractivity contribution in [1.82, 2.24) is 4.98 Å². The van der Waals surface area contributed by atoms with E-state index in [0.29, 0.717) is 12.8 Å². The van der Waals surface area contributed by atoms with Gasteiger partial charge in [0.15, 0.2) is 5.78 Å². The quantitative estimate of drug-likeness (QED) is 0.783. The van der Waals surface area contributed by atoms with Crippen LogP contribution in [0, 0.1) is 0 Å². The van der Waals surface area contributed by atoms with E-state index in [1.54, 1.807) is 0 Å². The SMILES string of the molecule is COC1(C(=O)c2cnccc2C(F)(F)F)CCC1. The fourth-order valence-electron chi connectivity index (χ4n) is 2.09. The molecule has 0 amide bonds. The van der Waals surface area contributed by atoms with Crippen LogP contribution in [-0.4, -0.2) is 23.5 Å². The summed E-state index contributed by atoms with van der Waals surface area (Å²) in [6.45, 7) is 0. The smallest absolute Gasteiger partial charge is 0.370 e. The van der Waals surface area contributed by atoms with Crippen LogP contribution in [0.1, 0.15) is 35.2 Å². The number of ether oxygens (including phenoxy) is 1. The fraction of sp³-hybridized carbons (Fsp3) is 0.500. The van der Waals surface area contributed by atoms with Crippen molar-refractivity contribution in [2.45, 2.75) is 31.0 Å². The summed E-state index contributed by atoms with van der Waals surface area (Å²) >= 11 is 0. The Kier molecular flexibility index (Phi) is 3.14. The van der Waals surface area contributed by atoms with E-state index in [1.165, 1.54) is 7.11 Å². The Morgan fingerprint density at radius 3 is 2.56 bits per heavy atom. The molecule has 6 heteroatoms. The lowest BCUT2D eigenvalue weighted by Crippen LogP contribution is -2.47. The van der Waals surface area contributed by atoms with Gasteiger partial charge in [-0.15, -0.1) is 0 Å².